The number of carboxylic acid groups (broad SMARTS) is 1. The van der Waals surface area contributed by atoms with E-state index in [2.05, 4.69) is 15.5 Å². The van der Waals surface area contributed by atoms with Crippen LogP contribution < -0.4 is 5.32 Å². The number of nitrogens with one attached hydrogen (secondary N) is 1. The van der Waals surface area contributed by atoms with Crippen LogP contribution in [0.4, 0.5) is 5.69 Å². The van der Waals surface area contributed by atoms with E-state index in [1.54, 1.807) is 17.9 Å². The Morgan fingerprint density at radius 3 is 2.83 bits per heavy atom. The van der Waals surface area contributed by atoms with Crippen molar-refractivity contribution in [2.45, 2.75) is 6.54 Å². The maximum atomic E-state index is 11.7. The second kappa shape index (κ2) is 4.70. The highest BCUT2D eigenvalue weighted by Crippen LogP contribution is 2.04. The molecule has 2 N–H and O–H groups in total. The van der Waals surface area contributed by atoms with Gasteiger partial charge in [0.15, 0.2) is 0 Å². The molecule has 8 nitrogen and oxygen atoms in total. The number of nitrogens with zero attached hydrogens (tertiary/aromatic N) is 4. The average Bonchev–Trinajstić information content (AvgIpc) is 2.87. The van der Waals surface area contributed by atoms with Gasteiger partial charge in [-0.1, -0.05) is 0 Å². The summed E-state index contributed by atoms with van der Waals surface area (Å²) in [5.41, 5.74) is 0.517. The van der Waals surface area contributed by atoms with Crippen molar-refractivity contribution in [1.82, 2.24) is 19.6 Å². The summed E-state index contributed by atoms with van der Waals surface area (Å²) in [5.74, 6) is -1.49. The predicted molar refractivity (Wildman–Crippen MR) is 61.0 cm³/mol. The minimum absolute atomic E-state index is 0.0312. The molecule has 2 heterocycles. The Hall–Kier alpha value is -2.64. The molecule has 0 aliphatic rings. The van der Waals surface area contributed by atoms with Crippen LogP contribution in [0.2, 0.25) is 0 Å². The summed E-state index contributed by atoms with van der Waals surface area (Å²) in [7, 11) is 1.73. The maximum absolute atomic E-state index is 11.7. The van der Waals surface area contributed by atoms with Crippen LogP contribution in [-0.2, 0) is 18.4 Å². The fourth-order valence-electron chi connectivity index (χ4n) is 1.46. The quantitative estimate of drug-likeness (QED) is 0.791. The highest BCUT2D eigenvalue weighted by atomic mass is 16.4. The van der Waals surface area contributed by atoms with E-state index in [0.29, 0.717) is 5.69 Å². The zero-order valence-corrected chi connectivity index (χ0v) is 9.57. The van der Waals surface area contributed by atoms with Gasteiger partial charge in [-0.15, -0.1) is 0 Å². The molecule has 0 aliphatic carbocycles. The Kier molecular flexibility index (Phi) is 3.09. The van der Waals surface area contributed by atoms with E-state index < -0.39 is 5.97 Å². The predicted octanol–water partition coefficient (Wildman–Crippen LogP) is -0.0465. The highest BCUT2D eigenvalue weighted by molar-refractivity contribution is 5.91. The zero-order chi connectivity index (χ0) is 13.1. The van der Waals surface area contributed by atoms with Gasteiger partial charge in [-0.3, -0.25) is 9.48 Å². The largest absolute Gasteiger partial charge is 0.477 e. The van der Waals surface area contributed by atoms with Crippen molar-refractivity contribution in [1.29, 1.82) is 0 Å². The molecule has 8 heteroatoms. The third-order valence-corrected chi connectivity index (χ3v) is 2.22. The van der Waals surface area contributed by atoms with Crippen molar-refractivity contribution >= 4 is 17.6 Å². The van der Waals surface area contributed by atoms with E-state index in [1.165, 1.54) is 18.5 Å². The summed E-state index contributed by atoms with van der Waals surface area (Å²) in [6, 6.07) is 1.33. The number of aryl methyl sites for hydroxylation is 1. The highest BCUT2D eigenvalue weighted by Gasteiger charge is 2.13. The number of anilines is 1. The molecule has 0 saturated carbocycles. The average molecular weight is 249 g/mol. The lowest BCUT2D eigenvalue weighted by atomic mass is 10.4. The van der Waals surface area contributed by atoms with Gasteiger partial charge in [0.25, 0.3) is 0 Å². The summed E-state index contributed by atoms with van der Waals surface area (Å²) in [6.45, 7) is -0.163. The molecule has 0 atom stereocenters. The number of carbonyl (C=O) groups is 2. The molecular weight excluding hydrogens is 238 g/mol. The molecule has 0 bridgehead atoms. The topological polar surface area (TPSA) is 102 Å². The van der Waals surface area contributed by atoms with Crippen LogP contribution in [0.25, 0.3) is 0 Å². The van der Waals surface area contributed by atoms with Gasteiger partial charge in [0, 0.05) is 19.4 Å². The maximum Gasteiger partial charge on any atom is 0.354 e. The van der Waals surface area contributed by atoms with Crippen LogP contribution in [0.5, 0.6) is 0 Å². The van der Waals surface area contributed by atoms with Crippen LogP contribution in [0.3, 0.4) is 0 Å². The fourth-order valence-corrected chi connectivity index (χ4v) is 1.46. The van der Waals surface area contributed by atoms with E-state index in [0.717, 1.165) is 4.68 Å². The lowest BCUT2D eigenvalue weighted by Crippen LogP contribution is -2.22. The van der Waals surface area contributed by atoms with E-state index in [1.807, 2.05) is 0 Å². The second-order valence-corrected chi connectivity index (χ2v) is 3.63. The smallest absolute Gasteiger partial charge is 0.354 e. The molecule has 0 aromatic carbocycles. The first kappa shape index (κ1) is 11.8. The Morgan fingerprint density at radius 2 is 2.22 bits per heavy atom. The summed E-state index contributed by atoms with van der Waals surface area (Å²) >= 11 is 0. The van der Waals surface area contributed by atoms with Crippen molar-refractivity contribution in [3.63, 3.8) is 0 Å². The van der Waals surface area contributed by atoms with E-state index in [-0.39, 0.29) is 18.1 Å². The molecule has 0 fully saturated rings. The van der Waals surface area contributed by atoms with Crippen molar-refractivity contribution in [2.24, 2.45) is 7.05 Å². The molecule has 0 aliphatic heterocycles. The lowest BCUT2D eigenvalue weighted by Gasteiger charge is -2.04. The number of carbonyl (C=O) groups excluding carboxylic acids is 1. The fraction of sp³-hybridized carbons (Fsp3) is 0.200. The lowest BCUT2D eigenvalue weighted by molar-refractivity contribution is -0.116. The Morgan fingerprint density at radius 1 is 1.44 bits per heavy atom. The number of aromatic nitrogens is 4. The van der Waals surface area contributed by atoms with E-state index in [9.17, 15) is 9.59 Å². The van der Waals surface area contributed by atoms with Crippen LogP contribution in [0, 0.1) is 0 Å². The molecule has 2 rings (SSSR count). The standard InChI is InChI=1S/C10H11N5O3/c1-14-5-7(4-12-14)13-9(16)6-15-8(10(17)18)2-3-11-15/h2-5H,6H2,1H3,(H,13,16)(H,17,18). The van der Waals surface area contributed by atoms with Crippen LogP contribution in [-0.4, -0.2) is 36.5 Å². The first-order chi connectivity index (χ1) is 8.56. The summed E-state index contributed by atoms with van der Waals surface area (Å²) in [4.78, 5) is 22.5. The normalized spacial score (nSPS) is 10.3. The van der Waals surface area contributed by atoms with Gasteiger partial charge in [-0.2, -0.15) is 10.2 Å². The van der Waals surface area contributed by atoms with Gasteiger partial charge < -0.3 is 10.4 Å². The minimum atomic E-state index is -1.12. The number of amides is 1. The SMILES string of the molecule is Cn1cc(NC(=O)Cn2nccc2C(=O)O)cn1. The van der Waals surface area contributed by atoms with Gasteiger partial charge in [0.1, 0.15) is 12.2 Å². The molecule has 2 aromatic rings. The molecule has 0 spiro atoms. The molecular formula is C10H11N5O3. The van der Waals surface area contributed by atoms with E-state index in [4.69, 9.17) is 5.11 Å². The number of hydrogen-bond donors (Lipinski definition) is 2. The number of aromatic carboxylic acids is 1. The molecule has 0 unspecified atom stereocenters. The minimum Gasteiger partial charge on any atom is -0.477 e. The van der Waals surface area contributed by atoms with Gasteiger partial charge in [-0.25, -0.2) is 9.48 Å². The van der Waals surface area contributed by atoms with Crippen molar-refractivity contribution in [2.75, 3.05) is 5.32 Å². The zero-order valence-electron chi connectivity index (χ0n) is 9.57. The van der Waals surface area contributed by atoms with Gasteiger partial charge in [0.2, 0.25) is 5.91 Å². The van der Waals surface area contributed by atoms with Crippen LogP contribution in [0.15, 0.2) is 24.7 Å². The second-order valence-electron chi connectivity index (χ2n) is 3.63. The van der Waals surface area contributed by atoms with E-state index >= 15 is 0 Å². The summed E-state index contributed by atoms with van der Waals surface area (Å²) in [6.07, 6.45) is 4.47. The molecule has 18 heavy (non-hydrogen) atoms. The number of hydrogen-bond acceptors (Lipinski definition) is 4. The molecule has 2 aromatic heterocycles. The monoisotopic (exact) mass is 249 g/mol. The molecule has 94 valence electrons. The summed E-state index contributed by atoms with van der Waals surface area (Å²) in [5, 5.41) is 19.1. The van der Waals surface area contributed by atoms with Gasteiger partial charge >= 0.3 is 5.97 Å². The van der Waals surface area contributed by atoms with Crippen molar-refractivity contribution in [3.05, 3.63) is 30.4 Å². The molecule has 0 saturated heterocycles. The number of rotatable bonds is 4. The molecule has 0 radical (unpaired) electrons. The van der Waals surface area contributed by atoms with Crippen molar-refractivity contribution < 1.29 is 14.7 Å². The van der Waals surface area contributed by atoms with Crippen LogP contribution >= 0.6 is 0 Å². The van der Waals surface area contributed by atoms with Gasteiger partial charge in [0.05, 0.1) is 11.9 Å². The molecule has 1 amide bonds. The summed E-state index contributed by atoms with van der Waals surface area (Å²) < 4.78 is 2.67. The Balaban J connectivity index is 2.03. The third kappa shape index (κ3) is 2.54. The number of carboxylic acids is 1. The van der Waals surface area contributed by atoms with Crippen LogP contribution in [0.1, 0.15) is 10.5 Å². The Bertz CT molecular complexity index is 586. The Labute approximate surface area is 102 Å². The third-order valence-electron chi connectivity index (χ3n) is 2.22. The van der Waals surface area contributed by atoms with Gasteiger partial charge in [-0.05, 0) is 6.07 Å². The van der Waals surface area contributed by atoms with Crippen molar-refractivity contribution in [3.8, 4) is 0 Å². The first-order valence-corrected chi connectivity index (χ1v) is 5.10. The first-order valence-electron chi connectivity index (χ1n) is 5.10.